The highest BCUT2D eigenvalue weighted by Gasteiger charge is 2.28. The Kier molecular flexibility index (Phi) is 3.28. The predicted octanol–water partition coefficient (Wildman–Crippen LogP) is 2.81. The van der Waals surface area contributed by atoms with Gasteiger partial charge in [0, 0.05) is 12.2 Å². The number of amides is 1. The molecule has 0 saturated carbocycles. The molecule has 1 unspecified atom stereocenters. The molecule has 0 spiro atoms. The zero-order chi connectivity index (χ0) is 13.3. The fraction of sp³-hybridized carbons (Fsp3) is 0.571. The highest BCUT2D eigenvalue weighted by atomic mass is 16.1. The molecule has 18 heavy (non-hydrogen) atoms. The van der Waals surface area contributed by atoms with Gasteiger partial charge in [0.25, 0.3) is 0 Å². The van der Waals surface area contributed by atoms with Gasteiger partial charge in [-0.25, -0.2) is 4.98 Å². The van der Waals surface area contributed by atoms with E-state index in [0.29, 0.717) is 6.54 Å². The second-order valence-corrected chi connectivity index (χ2v) is 6.18. The monoisotopic (exact) mass is 247 g/mol. The van der Waals surface area contributed by atoms with E-state index in [-0.39, 0.29) is 17.2 Å². The van der Waals surface area contributed by atoms with Crippen LogP contribution in [0.15, 0.2) is 12.1 Å². The van der Waals surface area contributed by atoms with E-state index in [9.17, 15) is 4.79 Å². The Balaban J connectivity index is 2.19. The zero-order valence-electron chi connectivity index (χ0n) is 11.5. The minimum atomic E-state index is -0.0143. The summed E-state index contributed by atoms with van der Waals surface area (Å²) in [6, 6.07) is 3.81. The number of hydrogen-bond acceptors (Lipinski definition) is 3. The summed E-state index contributed by atoms with van der Waals surface area (Å²) in [5.74, 6) is 0.848. The van der Waals surface area contributed by atoms with Gasteiger partial charge < -0.3 is 10.6 Å². The van der Waals surface area contributed by atoms with Crippen LogP contribution in [0.2, 0.25) is 0 Å². The van der Waals surface area contributed by atoms with Gasteiger partial charge in [0.1, 0.15) is 5.82 Å². The number of aryl methyl sites for hydroxylation is 1. The third-order valence-electron chi connectivity index (χ3n) is 3.04. The molecule has 4 nitrogen and oxygen atoms in total. The van der Waals surface area contributed by atoms with Crippen LogP contribution in [0.3, 0.4) is 0 Å². The number of carbonyl (C=O) groups is 1. The quantitative estimate of drug-likeness (QED) is 0.802. The Morgan fingerprint density at radius 2 is 2.11 bits per heavy atom. The van der Waals surface area contributed by atoms with E-state index in [1.54, 1.807) is 0 Å². The molecule has 0 radical (unpaired) electrons. The molecule has 1 atom stereocenters. The van der Waals surface area contributed by atoms with Crippen LogP contribution in [-0.4, -0.2) is 17.4 Å². The Morgan fingerprint density at radius 1 is 1.39 bits per heavy atom. The third-order valence-corrected chi connectivity index (χ3v) is 3.04. The molecule has 0 fully saturated rings. The van der Waals surface area contributed by atoms with E-state index < -0.39 is 0 Å². The van der Waals surface area contributed by atoms with Crippen LogP contribution in [0.25, 0.3) is 0 Å². The van der Waals surface area contributed by atoms with Crippen LogP contribution in [0.1, 0.15) is 32.9 Å². The molecular formula is C14H21N3O. The fourth-order valence-electron chi connectivity index (χ4n) is 2.24. The molecule has 1 aliphatic rings. The lowest BCUT2D eigenvalue weighted by Gasteiger charge is -2.23. The molecule has 1 aromatic heterocycles. The van der Waals surface area contributed by atoms with Crippen LogP contribution in [-0.2, 0) is 4.79 Å². The summed E-state index contributed by atoms with van der Waals surface area (Å²) >= 11 is 0. The lowest BCUT2D eigenvalue weighted by Crippen LogP contribution is -2.29. The minimum Gasteiger partial charge on any atom is -0.368 e. The first-order chi connectivity index (χ1) is 8.35. The van der Waals surface area contributed by atoms with Gasteiger partial charge in [-0.2, -0.15) is 0 Å². The number of hydrogen-bond donors (Lipinski definition) is 2. The Labute approximate surface area is 108 Å². The second-order valence-electron chi connectivity index (χ2n) is 6.18. The predicted molar refractivity (Wildman–Crippen MR) is 73.7 cm³/mol. The average Bonchev–Trinajstić information content (AvgIpc) is 2.38. The number of anilines is 2. The summed E-state index contributed by atoms with van der Waals surface area (Å²) < 4.78 is 0. The highest BCUT2D eigenvalue weighted by molar-refractivity contribution is 5.96. The van der Waals surface area contributed by atoms with Gasteiger partial charge in [0.15, 0.2) is 0 Å². The minimum absolute atomic E-state index is 0.0143. The largest absolute Gasteiger partial charge is 0.368 e. The summed E-state index contributed by atoms with van der Waals surface area (Å²) in [6.45, 7) is 9.05. The number of aromatic nitrogens is 1. The van der Waals surface area contributed by atoms with Crippen molar-refractivity contribution in [3.8, 4) is 0 Å². The molecule has 0 bridgehead atoms. The molecule has 1 aliphatic heterocycles. The number of nitrogens with zero attached hydrogens (tertiary/aromatic N) is 1. The lowest BCUT2D eigenvalue weighted by atomic mass is 9.84. The Morgan fingerprint density at radius 3 is 2.78 bits per heavy atom. The highest BCUT2D eigenvalue weighted by Crippen LogP contribution is 2.29. The maximum atomic E-state index is 12.2. The van der Waals surface area contributed by atoms with Crippen molar-refractivity contribution in [1.29, 1.82) is 0 Å². The fourth-order valence-corrected chi connectivity index (χ4v) is 2.24. The number of nitrogens with one attached hydrogen (secondary N) is 2. The van der Waals surface area contributed by atoms with E-state index >= 15 is 0 Å². The van der Waals surface area contributed by atoms with E-state index in [0.717, 1.165) is 23.6 Å². The molecule has 0 saturated heterocycles. The third kappa shape index (κ3) is 3.00. The molecule has 0 aromatic carbocycles. The van der Waals surface area contributed by atoms with Crippen molar-refractivity contribution in [2.24, 2.45) is 11.3 Å². The number of pyridine rings is 1. The standard InChI is InChI=1S/C14H21N3O/c1-9-5-6-11-12(16-9)15-8-10(13(18)17-11)7-14(2,3)4/h5-6,10H,7-8H2,1-4H3,(H,15,16)(H,17,18). The topological polar surface area (TPSA) is 54.0 Å². The summed E-state index contributed by atoms with van der Waals surface area (Å²) in [7, 11) is 0. The first kappa shape index (κ1) is 12.9. The molecule has 1 aromatic rings. The van der Waals surface area contributed by atoms with Gasteiger partial charge in [0.2, 0.25) is 5.91 Å². The molecule has 1 amide bonds. The summed E-state index contributed by atoms with van der Waals surface area (Å²) in [5.41, 5.74) is 1.87. The Bertz CT molecular complexity index is 463. The van der Waals surface area contributed by atoms with Gasteiger partial charge in [0.05, 0.1) is 11.6 Å². The van der Waals surface area contributed by atoms with Crippen LogP contribution in [0.4, 0.5) is 11.5 Å². The van der Waals surface area contributed by atoms with Crippen molar-refractivity contribution in [3.63, 3.8) is 0 Å². The summed E-state index contributed by atoms with van der Waals surface area (Å²) in [4.78, 5) is 16.6. The van der Waals surface area contributed by atoms with Gasteiger partial charge in [-0.05, 0) is 30.9 Å². The van der Waals surface area contributed by atoms with Crippen molar-refractivity contribution in [1.82, 2.24) is 4.98 Å². The van der Waals surface area contributed by atoms with Gasteiger partial charge in [-0.15, -0.1) is 0 Å². The van der Waals surface area contributed by atoms with Gasteiger partial charge in [-0.3, -0.25) is 4.79 Å². The molecule has 0 aliphatic carbocycles. The molecule has 2 N–H and O–H groups in total. The van der Waals surface area contributed by atoms with Crippen LogP contribution >= 0.6 is 0 Å². The molecule has 2 heterocycles. The molecule has 4 heteroatoms. The van der Waals surface area contributed by atoms with Crippen molar-refractivity contribution < 1.29 is 4.79 Å². The smallest absolute Gasteiger partial charge is 0.229 e. The first-order valence-electron chi connectivity index (χ1n) is 6.37. The molecular weight excluding hydrogens is 226 g/mol. The first-order valence-corrected chi connectivity index (χ1v) is 6.37. The van der Waals surface area contributed by atoms with Crippen molar-refractivity contribution >= 4 is 17.4 Å². The van der Waals surface area contributed by atoms with Crippen molar-refractivity contribution in [3.05, 3.63) is 17.8 Å². The number of rotatable bonds is 1. The van der Waals surface area contributed by atoms with Gasteiger partial charge >= 0.3 is 0 Å². The average molecular weight is 247 g/mol. The van der Waals surface area contributed by atoms with E-state index in [1.807, 2.05) is 19.1 Å². The van der Waals surface area contributed by atoms with E-state index in [4.69, 9.17) is 0 Å². The number of carbonyl (C=O) groups excluding carboxylic acids is 1. The zero-order valence-corrected chi connectivity index (χ0v) is 11.5. The second kappa shape index (κ2) is 4.59. The van der Waals surface area contributed by atoms with Crippen molar-refractivity contribution in [2.75, 3.05) is 17.2 Å². The SMILES string of the molecule is Cc1ccc2c(n1)NCC(CC(C)(C)C)C(=O)N2. The number of fused-ring (bicyclic) bond motifs is 1. The van der Waals surface area contributed by atoms with Crippen LogP contribution < -0.4 is 10.6 Å². The lowest BCUT2D eigenvalue weighted by molar-refractivity contribution is -0.120. The summed E-state index contributed by atoms with van der Waals surface area (Å²) in [5, 5.41) is 6.23. The normalized spacial score (nSPS) is 19.6. The van der Waals surface area contributed by atoms with Crippen LogP contribution in [0.5, 0.6) is 0 Å². The van der Waals surface area contributed by atoms with Crippen LogP contribution in [0, 0.1) is 18.3 Å². The maximum absolute atomic E-state index is 12.2. The van der Waals surface area contributed by atoms with Crippen molar-refractivity contribution in [2.45, 2.75) is 34.1 Å². The maximum Gasteiger partial charge on any atom is 0.229 e. The summed E-state index contributed by atoms with van der Waals surface area (Å²) in [6.07, 6.45) is 0.860. The molecule has 2 rings (SSSR count). The molecule has 98 valence electrons. The Hall–Kier alpha value is -1.58. The van der Waals surface area contributed by atoms with Gasteiger partial charge in [-0.1, -0.05) is 20.8 Å². The van der Waals surface area contributed by atoms with E-state index in [1.165, 1.54) is 0 Å². The van der Waals surface area contributed by atoms with E-state index in [2.05, 4.69) is 36.4 Å².